The van der Waals surface area contributed by atoms with Crippen LogP contribution in [0.5, 0.6) is 0 Å². The van der Waals surface area contributed by atoms with Gasteiger partial charge in [-0.05, 0) is 54.2 Å². The number of nitrogens with zero attached hydrogens (tertiary/aromatic N) is 1. The largest absolute Gasteiger partial charge is 0.478 e. The summed E-state index contributed by atoms with van der Waals surface area (Å²) in [6, 6.07) is 23.7. The number of esters is 1. The molecule has 37 heavy (non-hydrogen) atoms. The number of carbonyl (C=O) groups excluding carboxylic acids is 2. The highest BCUT2D eigenvalue weighted by atomic mass is 16.5. The number of aliphatic imine (C=N–C) groups is 1. The van der Waals surface area contributed by atoms with Crippen molar-refractivity contribution in [2.45, 2.75) is 38.7 Å². The first-order valence-electron chi connectivity index (χ1n) is 12.4. The summed E-state index contributed by atoms with van der Waals surface area (Å²) in [7, 11) is 0. The number of allylic oxidation sites excluding steroid dienone is 1. The van der Waals surface area contributed by atoms with Gasteiger partial charge in [-0.15, -0.1) is 0 Å². The van der Waals surface area contributed by atoms with Crippen molar-refractivity contribution in [2.24, 2.45) is 10.9 Å². The summed E-state index contributed by atoms with van der Waals surface area (Å²) in [6.45, 7) is 1.91. The molecule has 0 radical (unpaired) electrons. The molecule has 2 atom stereocenters. The monoisotopic (exact) mass is 493 g/mol. The zero-order valence-electron chi connectivity index (χ0n) is 20.5. The van der Waals surface area contributed by atoms with Crippen LogP contribution < -0.4 is 0 Å². The zero-order chi connectivity index (χ0) is 25.9. The van der Waals surface area contributed by atoms with Crippen LogP contribution in [0.4, 0.5) is 0 Å². The SMILES string of the molecule is CC1=C(C(=O)OCc2ccccc2)C(c2ccccc2-c2cccc(C(=O)O)c2)C2C(=O)CCCC2=N1. The van der Waals surface area contributed by atoms with E-state index in [-0.39, 0.29) is 18.0 Å². The van der Waals surface area contributed by atoms with Gasteiger partial charge in [-0.1, -0.05) is 66.7 Å². The fraction of sp³-hybridized carbons (Fsp3) is 0.226. The smallest absolute Gasteiger partial charge is 0.336 e. The maximum atomic E-state index is 13.6. The van der Waals surface area contributed by atoms with E-state index in [1.807, 2.05) is 60.7 Å². The first-order chi connectivity index (χ1) is 17.9. The number of aromatic carboxylic acids is 1. The van der Waals surface area contributed by atoms with E-state index in [1.54, 1.807) is 25.1 Å². The molecule has 6 heteroatoms. The summed E-state index contributed by atoms with van der Waals surface area (Å²) in [4.78, 5) is 43.3. The van der Waals surface area contributed by atoms with Gasteiger partial charge >= 0.3 is 11.9 Å². The van der Waals surface area contributed by atoms with Crippen molar-refractivity contribution in [3.05, 3.63) is 107 Å². The van der Waals surface area contributed by atoms with Crippen molar-refractivity contribution in [1.29, 1.82) is 0 Å². The molecule has 6 nitrogen and oxygen atoms in total. The number of ketones is 1. The second-order valence-corrected chi connectivity index (χ2v) is 9.41. The normalized spacial score (nSPS) is 19.2. The number of carboxylic acid groups (broad SMARTS) is 1. The lowest BCUT2D eigenvalue weighted by Gasteiger charge is -2.36. The van der Waals surface area contributed by atoms with Gasteiger partial charge in [-0.3, -0.25) is 9.79 Å². The topological polar surface area (TPSA) is 93.0 Å². The number of rotatable bonds is 6. The highest BCUT2D eigenvalue weighted by Crippen LogP contribution is 2.46. The minimum Gasteiger partial charge on any atom is -0.478 e. The molecule has 2 unspecified atom stereocenters. The molecular weight excluding hydrogens is 466 g/mol. The Balaban J connectivity index is 1.62. The Hall–Kier alpha value is -4.32. The number of carbonyl (C=O) groups is 3. The van der Waals surface area contributed by atoms with E-state index in [4.69, 9.17) is 9.73 Å². The van der Waals surface area contributed by atoms with Crippen LogP contribution in [-0.4, -0.2) is 28.5 Å². The number of benzene rings is 3. The molecule has 1 heterocycles. The van der Waals surface area contributed by atoms with Crippen LogP contribution in [0, 0.1) is 5.92 Å². The Kier molecular flexibility index (Phi) is 6.82. The molecule has 0 spiro atoms. The Morgan fingerprint density at radius 1 is 0.946 bits per heavy atom. The Morgan fingerprint density at radius 2 is 1.70 bits per heavy atom. The number of carboxylic acids is 1. The molecule has 1 aliphatic heterocycles. The quantitative estimate of drug-likeness (QED) is 0.427. The molecule has 3 aromatic rings. The summed E-state index contributed by atoms with van der Waals surface area (Å²) >= 11 is 0. The third kappa shape index (κ3) is 4.87. The molecule has 186 valence electrons. The zero-order valence-corrected chi connectivity index (χ0v) is 20.5. The van der Waals surface area contributed by atoms with Crippen molar-refractivity contribution in [3.63, 3.8) is 0 Å². The average Bonchev–Trinajstić information content (AvgIpc) is 2.92. The molecular formula is C31H27NO5. The Morgan fingerprint density at radius 3 is 2.49 bits per heavy atom. The molecule has 5 rings (SSSR count). The first kappa shape index (κ1) is 24.4. The van der Waals surface area contributed by atoms with Crippen molar-refractivity contribution in [1.82, 2.24) is 0 Å². The second-order valence-electron chi connectivity index (χ2n) is 9.41. The van der Waals surface area contributed by atoms with E-state index < -0.39 is 23.8 Å². The van der Waals surface area contributed by atoms with Crippen LogP contribution in [0.25, 0.3) is 11.1 Å². The highest BCUT2D eigenvalue weighted by Gasteiger charge is 2.44. The van der Waals surface area contributed by atoms with Crippen LogP contribution in [0.1, 0.15) is 53.6 Å². The predicted molar refractivity (Wildman–Crippen MR) is 140 cm³/mol. The summed E-state index contributed by atoms with van der Waals surface area (Å²) in [5.41, 5.74) is 5.02. The van der Waals surface area contributed by atoms with Crippen LogP contribution in [-0.2, 0) is 20.9 Å². The molecule has 0 aromatic heterocycles. The van der Waals surface area contributed by atoms with Gasteiger partial charge in [0.15, 0.2) is 0 Å². The summed E-state index contributed by atoms with van der Waals surface area (Å²) < 4.78 is 5.75. The fourth-order valence-corrected chi connectivity index (χ4v) is 5.37. The minimum atomic E-state index is -1.02. The van der Waals surface area contributed by atoms with Gasteiger partial charge in [-0.2, -0.15) is 0 Å². The Bertz CT molecular complexity index is 1440. The summed E-state index contributed by atoms with van der Waals surface area (Å²) in [5, 5.41) is 9.54. The molecule has 0 bridgehead atoms. The number of hydrogen-bond donors (Lipinski definition) is 1. The standard InChI is InChI=1S/C31H27NO5/c1-19-27(31(36)37-18-20-9-3-2-4-10-20)28(29-25(32-19)15-8-16-26(29)33)24-14-6-5-13-23(24)21-11-7-12-22(17-21)30(34)35/h2-7,9-14,17,28-29H,8,15-16,18H2,1H3,(H,34,35). The van der Waals surface area contributed by atoms with Gasteiger partial charge in [0, 0.05) is 23.7 Å². The third-order valence-electron chi connectivity index (χ3n) is 7.06. The van der Waals surface area contributed by atoms with Crippen LogP contribution in [0.3, 0.4) is 0 Å². The van der Waals surface area contributed by atoms with Gasteiger partial charge in [0.05, 0.1) is 17.1 Å². The number of ether oxygens (including phenoxy) is 1. The van der Waals surface area contributed by atoms with E-state index in [0.29, 0.717) is 29.7 Å². The van der Waals surface area contributed by atoms with Gasteiger partial charge < -0.3 is 9.84 Å². The van der Waals surface area contributed by atoms with Crippen LogP contribution in [0.2, 0.25) is 0 Å². The number of Topliss-reactive ketones (excluding diaryl/α,β-unsaturated/α-hetero) is 1. The van der Waals surface area contributed by atoms with Crippen molar-refractivity contribution >= 4 is 23.4 Å². The minimum absolute atomic E-state index is 0.0601. The van der Waals surface area contributed by atoms with Gasteiger partial charge in [-0.25, -0.2) is 9.59 Å². The van der Waals surface area contributed by atoms with E-state index in [1.165, 1.54) is 0 Å². The maximum Gasteiger partial charge on any atom is 0.336 e. The molecule has 3 aromatic carbocycles. The third-order valence-corrected chi connectivity index (χ3v) is 7.06. The van der Waals surface area contributed by atoms with Gasteiger partial charge in [0.25, 0.3) is 0 Å². The van der Waals surface area contributed by atoms with E-state index >= 15 is 0 Å². The van der Waals surface area contributed by atoms with Gasteiger partial charge in [0.2, 0.25) is 0 Å². The lowest BCUT2D eigenvalue weighted by atomic mass is 9.68. The Labute approximate surface area is 215 Å². The highest BCUT2D eigenvalue weighted by molar-refractivity contribution is 6.11. The van der Waals surface area contributed by atoms with Gasteiger partial charge in [0.1, 0.15) is 12.4 Å². The molecule has 0 saturated heterocycles. The predicted octanol–water partition coefficient (Wildman–Crippen LogP) is 5.98. The molecule has 0 amide bonds. The van der Waals surface area contributed by atoms with Crippen LogP contribution in [0.15, 0.2) is 95.1 Å². The molecule has 1 fully saturated rings. The molecule has 1 saturated carbocycles. The summed E-state index contributed by atoms with van der Waals surface area (Å²) in [5.74, 6) is -2.59. The van der Waals surface area contributed by atoms with E-state index in [9.17, 15) is 19.5 Å². The molecule has 2 aliphatic rings. The lowest BCUT2D eigenvalue weighted by molar-refractivity contribution is -0.140. The molecule has 1 aliphatic carbocycles. The van der Waals surface area contributed by atoms with Crippen LogP contribution >= 0.6 is 0 Å². The average molecular weight is 494 g/mol. The van der Waals surface area contributed by atoms with E-state index in [0.717, 1.165) is 28.8 Å². The maximum absolute atomic E-state index is 13.6. The van der Waals surface area contributed by atoms with Crippen molar-refractivity contribution in [2.75, 3.05) is 0 Å². The molecule has 1 N–H and O–H groups in total. The fourth-order valence-electron chi connectivity index (χ4n) is 5.37. The van der Waals surface area contributed by atoms with E-state index in [2.05, 4.69) is 0 Å². The number of fused-ring (bicyclic) bond motifs is 1. The summed E-state index contributed by atoms with van der Waals surface area (Å²) in [6.07, 6.45) is 1.87. The first-order valence-corrected chi connectivity index (χ1v) is 12.4. The van der Waals surface area contributed by atoms with Crippen molar-refractivity contribution < 1.29 is 24.2 Å². The second kappa shape index (κ2) is 10.3. The van der Waals surface area contributed by atoms with Crippen molar-refractivity contribution in [3.8, 4) is 11.1 Å². The number of hydrogen-bond acceptors (Lipinski definition) is 5. The lowest BCUT2D eigenvalue weighted by Crippen LogP contribution is -2.39.